The molecule has 1 amide bonds. The number of halogens is 3. The van der Waals surface area contributed by atoms with Crippen LogP contribution in [0.4, 0.5) is 20.2 Å². The van der Waals surface area contributed by atoms with Gasteiger partial charge in [-0.1, -0.05) is 23.7 Å². The van der Waals surface area contributed by atoms with Gasteiger partial charge in [0.25, 0.3) is 5.91 Å². The van der Waals surface area contributed by atoms with E-state index in [2.05, 4.69) is 10.1 Å². The van der Waals surface area contributed by atoms with Gasteiger partial charge < -0.3 is 19.7 Å². The number of hydrogen-bond acceptors (Lipinski definition) is 4. The van der Waals surface area contributed by atoms with E-state index in [1.807, 2.05) is 4.90 Å². The van der Waals surface area contributed by atoms with Gasteiger partial charge in [-0.2, -0.15) is 8.78 Å². The molecule has 1 fully saturated rings. The summed E-state index contributed by atoms with van der Waals surface area (Å²) in [6.45, 7) is -0.486. The average molecular weight is 383 g/mol. The Kier molecular flexibility index (Phi) is 5.90. The molecular formula is C18H17ClF2N2O3. The molecule has 1 N–H and O–H groups in total. The first-order chi connectivity index (χ1) is 12.5. The standard InChI is InChI=1S/C18H17ClF2N2O3/c19-14-5-2-6-15(16(14)23-7-9-25-10-8-23)22-17(24)12-3-1-4-13(11-12)26-18(20)21/h1-6,11,18H,7-10H2,(H,22,24). The number of hydrogen-bond donors (Lipinski definition) is 1. The first kappa shape index (κ1) is 18.4. The zero-order valence-corrected chi connectivity index (χ0v) is 14.5. The highest BCUT2D eigenvalue weighted by atomic mass is 35.5. The molecule has 0 atom stereocenters. The molecular weight excluding hydrogens is 366 g/mol. The molecule has 26 heavy (non-hydrogen) atoms. The summed E-state index contributed by atoms with van der Waals surface area (Å²) in [6, 6.07) is 10.9. The third-order valence-corrected chi connectivity index (χ3v) is 4.19. The SMILES string of the molecule is O=C(Nc1cccc(Cl)c1N1CCOCC1)c1cccc(OC(F)F)c1. The topological polar surface area (TPSA) is 50.8 Å². The molecule has 2 aromatic rings. The number of anilines is 2. The van der Waals surface area contributed by atoms with Crippen molar-refractivity contribution in [1.29, 1.82) is 0 Å². The molecule has 2 aromatic carbocycles. The van der Waals surface area contributed by atoms with E-state index in [0.717, 1.165) is 0 Å². The van der Waals surface area contributed by atoms with Crippen LogP contribution >= 0.6 is 11.6 Å². The summed E-state index contributed by atoms with van der Waals surface area (Å²) in [4.78, 5) is 14.6. The second-order valence-corrected chi connectivity index (χ2v) is 6.00. The molecule has 1 saturated heterocycles. The Morgan fingerprint density at radius 3 is 2.65 bits per heavy atom. The van der Waals surface area contributed by atoms with Gasteiger partial charge in [-0.05, 0) is 30.3 Å². The van der Waals surface area contributed by atoms with Gasteiger partial charge in [-0.15, -0.1) is 0 Å². The average Bonchev–Trinajstić information content (AvgIpc) is 2.62. The van der Waals surface area contributed by atoms with E-state index in [1.165, 1.54) is 24.3 Å². The maximum Gasteiger partial charge on any atom is 0.387 e. The van der Waals surface area contributed by atoms with Gasteiger partial charge >= 0.3 is 6.61 Å². The lowest BCUT2D eigenvalue weighted by molar-refractivity contribution is -0.0498. The molecule has 0 aromatic heterocycles. The van der Waals surface area contributed by atoms with Crippen LogP contribution in [0.3, 0.4) is 0 Å². The molecule has 0 aliphatic carbocycles. The van der Waals surface area contributed by atoms with Crippen molar-refractivity contribution in [1.82, 2.24) is 0 Å². The maximum atomic E-state index is 12.6. The predicted octanol–water partition coefficient (Wildman–Crippen LogP) is 4.03. The minimum absolute atomic E-state index is 0.0767. The summed E-state index contributed by atoms with van der Waals surface area (Å²) in [5.41, 5.74) is 1.46. The monoisotopic (exact) mass is 382 g/mol. The number of carbonyl (C=O) groups is 1. The van der Waals surface area contributed by atoms with E-state index in [4.69, 9.17) is 16.3 Å². The number of amides is 1. The second-order valence-electron chi connectivity index (χ2n) is 5.60. The zero-order valence-electron chi connectivity index (χ0n) is 13.8. The van der Waals surface area contributed by atoms with Crippen molar-refractivity contribution in [3.8, 4) is 5.75 Å². The number of nitrogens with zero attached hydrogens (tertiary/aromatic N) is 1. The lowest BCUT2D eigenvalue weighted by Gasteiger charge is -2.31. The Hall–Kier alpha value is -2.38. The van der Waals surface area contributed by atoms with Crippen LogP contribution in [0.5, 0.6) is 5.75 Å². The largest absolute Gasteiger partial charge is 0.435 e. The Morgan fingerprint density at radius 2 is 1.92 bits per heavy atom. The van der Waals surface area contributed by atoms with Crippen molar-refractivity contribution in [2.45, 2.75) is 6.61 Å². The summed E-state index contributed by atoms with van der Waals surface area (Å²) in [5, 5.41) is 3.31. The summed E-state index contributed by atoms with van der Waals surface area (Å²) >= 11 is 6.34. The quantitative estimate of drug-likeness (QED) is 0.848. The lowest BCUT2D eigenvalue weighted by atomic mass is 10.1. The van der Waals surface area contributed by atoms with Crippen molar-refractivity contribution < 1.29 is 23.0 Å². The van der Waals surface area contributed by atoms with E-state index >= 15 is 0 Å². The van der Waals surface area contributed by atoms with Crippen molar-refractivity contribution in [2.75, 3.05) is 36.5 Å². The van der Waals surface area contributed by atoms with Crippen LogP contribution < -0.4 is 15.0 Å². The Balaban J connectivity index is 1.82. The highest BCUT2D eigenvalue weighted by Gasteiger charge is 2.19. The number of nitrogens with one attached hydrogen (secondary N) is 1. The van der Waals surface area contributed by atoms with Crippen molar-refractivity contribution >= 4 is 28.9 Å². The molecule has 0 spiro atoms. The lowest BCUT2D eigenvalue weighted by Crippen LogP contribution is -2.37. The van der Waals surface area contributed by atoms with Gasteiger partial charge in [0.05, 0.1) is 29.6 Å². The number of rotatable bonds is 5. The minimum Gasteiger partial charge on any atom is -0.435 e. The number of para-hydroxylation sites is 1. The van der Waals surface area contributed by atoms with E-state index in [-0.39, 0.29) is 11.3 Å². The normalized spacial score (nSPS) is 14.4. The van der Waals surface area contributed by atoms with Crippen LogP contribution in [0, 0.1) is 0 Å². The number of ether oxygens (including phenoxy) is 2. The molecule has 138 valence electrons. The van der Waals surface area contributed by atoms with Gasteiger partial charge in [0.2, 0.25) is 0 Å². The Bertz CT molecular complexity index is 783. The fourth-order valence-electron chi connectivity index (χ4n) is 2.73. The van der Waals surface area contributed by atoms with Crippen LogP contribution in [0.25, 0.3) is 0 Å². The van der Waals surface area contributed by atoms with Gasteiger partial charge in [-0.3, -0.25) is 4.79 Å². The molecule has 8 heteroatoms. The Labute approximate surface area is 154 Å². The van der Waals surface area contributed by atoms with Crippen molar-refractivity contribution in [3.05, 3.63) is 53.1 Å². The van der Waals surface area contributed by atoms with Crippen LogP contribution in [0.2, 0.25) is 5.02 Å². The highest BCUT2D eigenvalue weighted by molar-refractivity contribution is 6.34. The molecule has 0 saturated carbocycles. The summed E-state index contributed by atoms with van der Waals surface area (Å²) in [6.07, 6.45) is 0. The third kappa shape index (κ3) is 4.42. The predicted molar refractivity (Wildman–Crippen MR) is 95.5 cm³/mol. The van der Waals surface area contributed by atoms with E-state index in [0.29, 0.717) is 42.7 Å². The molecule has 1 heterocycles. The van der Waals surface area contributed by atoms with Crippen LogP contribution in [-0.4, -0.2) is 38.8 Å². The third-order valence-electron chi connectivity index (χ3n) is 3.88. The fourth-order valence-corrected chi connectivity index (χ4v) is 3.03. The Morgan fingerprint density at radius 1 is 1.19 bits per heavy atom. The van der Waals surface area contributed by atoms with Gasteiger partial charge in [0.15, 0.2) is 0 Å². The maximum absolute atomic E-state index is 12.6. The first-order valence-electron chi connectivity index (χ1n) is 8.02. The summed E-state index contributed by atoms with van der Waals surface area (Å²) < 4.78 is 34.4. The molecule has 5 nitrogen and oxygen atoms in total. The molecule has 1 aliphatic rings. The number of morpholine rings is 1. The first-order valence-corrected chi connectivity index (χ1v) is 8.40. The second kappa shape index (κ2) is 8.33. The van der Waals surface area contributed by atoms with Crippen LogP contribution in [0.1, 0.15) is 10.4 Å². The molecule has 0 radical (unpaired) electrons. The molecule has 0 unspecified atom stereocenters. The number of carbonyl (C=O) groups excluding carboxylic acids is 1. The molecule has 1 aliphatic heterocycles. The fraction of sp³-hybridized carbons (Fsp3) is 0.278. The minimum atomic E-state index is -2.95. The van der Waals surface area contributed by atoms with Crippen molar-refractivity contribution in [2.24, 2.45) is 0 Å². The summed E-state index contributed by atoms with van der Waals surface area (Å²) in [5.74, 6) is -0.520. The molecule has 0 bridgehead atoms. The molecule has 3 rings (SSSR count). The van der Waals surface area contributed by atoms with Crippen molar-refractivity contribution in [3.63, 3.8) is 0 Å². The van der Waals surface area contributed by atoms with Crippen LogP contribution in [-0.2, 0) is 4.74 Å². The van der Waals surface area contributed by atoms with Gasteiger partial charge in [0.1, 0.15) is 5.75 Å². The number of alkyl halides is 2. The number of benzene rings is 2. The van der Waals surface area contributed by atoms with E-state index in [9.17, 15) is 13.6 Å². The van der Waals surface area contributed by atoms with Gasteiger partial charge in [-0.25, -0.2) is 0 Å². The zero-order chi connectivity index (χ0) is 18.5. The van der Waals surface area contributed by atoms with Crippen LogP contribution in [0.15, 0.2) is 42.5 Å². The summed E-state index contributed by atoms with van der Waals surface area (Å²) in [7, 11) is 0. The smallest absolute Gasteiger partial charge is 0.387 e. The van der Waals surface area contributed by atoms with E-state index < -0.39 is 12.5 Å². The van der Waals surface area contributed by atoms with E-state index in [1.54, 1.807) is 18.2 Å². The van der Waals surface area contributed by atoms with Gasteiger partial charge in [0, 0.05) is 18.7 Å². The highest BCUT2D eigenvalue weighted by Crippen LogP contribution is 2.34.